The van der Waals surface area contributed by atoms with Crippen LogP contribution in [0.3, 0.4) is 0 Å². The van der Waals surface area contributed by atoms with Crippen LogP contribution in [0, 0.1) is 5.92 Å². The lowest BCUT2D eigenvalue weighted by molar-refractivity contribution is -0.168. The number of benzene rings is 1. The highest BCUT2D eigenvalue weighted by Gasteiger charge is 2.30. The van der Waals surface area contributed by atoms with Gasteiger partial charge in [-0.05, 0) is 62.7 Å². The van der Waals surface area contributed by atoms with Crippen LogP contribution >= 0.6 is 0 Å². The average Bonchev–Trinajstić information content (AvgIpc) is 3.44. The van der Waals surface area contributed by atoms with Gasteiger partial charge in [-0.1, -0.05) is 39.5 Å². The van der Waals surface area contributed by atoms with Crippen molar-refractivity contribution in [3.63, 3.8) is 0 Å². The number of amides is 3. The third kappa shape index (κ3) is 10.8. The van der Waals surface area contributed by atoms with Gasteiger partial charge >= 0.3 is 5.97 Å². The van der Waals surface area contributed by atoms with E-state index in [1.54, 1.807) is 31.0 Å². The third-order valence-corrected chi connectivity index (χ3v) is 6.80. The van der Waals surface area contributed by atoms with E-state index in [9.17, 15) is 24.4 Å². The van der Waals surface area contributed by atoms with Crippen LogP contribution in [-0.4, -0.2) is 77.4 Å². The summed E-state index contributed by atoms with van der Waals surface area (Å²) < 4.78 is 11.5. The van der Waals surface area contributed by atoms with Crippen molar-refractivity contribution in [3.05, 3.63) is 41.7 Å². The Morgan fingerprint density at radius 2 is 1.83 bits per heavy atom. The van der Waals surface area contributed by atoms with Crippen LogP contribution in [0.5, 0.6) is 5.75 Å². The summed E-state index contributed by atoms with van der Waals surface area (Å²) in [5.74, 6) is -1.42. The number of carboxylic acid groups (broad SMARTS) is 1. The molecule has 0 bridgehead atoms. The highest BCUT2D eigenvalue weighted by atomic mass is 16.5. The maximum Gasteiger partial charge on any atom is 0.317 e. The predicted octanol–water partition coefficient (Wildman–Crippen LogP) is 3.88. The number of carboxylic acids is 1. The molecule has 0 saturated heterocycles. The zero-order chi connectivity index (χ0) is 31.1. The first-order valence-electron chi connectivity index (χ1n) is 14.4. The first-order chi connectivity index (χ1) is 20.1. The van der Waals surface area contributed by atoms with E-state index in [1.165, 1.54) is 6.07 Å². The molecule has 1 aromatic carbocycles. The lowest BCUT2D eigenvalue weighted by Gasteiger charge is -2.29. The number of likely N-dealkylation sites (N-methyl/N-ethyl adjacent to an activating group) is 1. The minimum Gasteiger partial charge on any atom is -0.494 e. The molecule has 12 nitrogen and oxygen atoms in total. The van der Waals surface area contributed by atoms with E-state index in [2.05, 4.69) is 17.6 Å². The number of furan rings is 1. The van der Waals surface area contributed by atoms with Crippen molar-refractivity contribution in [2.24, 2.45) is 5.92 Å². The summed E-state index contributed by atoms with van der Waals surface area (Å²) in [6.45, 7) is 6.26. The molecule has 2 atom stereocenters. The van der Waals surface area contributed by atoms with Gasteiger partial charge in [0.2, 0.25) is 12.3 Å². The molecule has 0 aliphatic heterocycles. The summed E-state index contributed by atoms with van der Waals surface area (Å²) in [5, 5.41) is 24.9. The van der Waals surface area contributed by atoms with Gasteiger partial charge in [0.1, 0.15) is 11.5 Å². The predicted molar refractivity (Wildman–Crippen MR) is 156 cm³/mol. The molecular weight excluding hydrogens is 544 g/mol. The number of hydrogen-bond acceptors (Lipinski definition) is 8. The van der Waals surface area contributed by atoms with Crippen molar-refractivity contribution >= 4 is 24.2 Å². The van der Waals surface area contributed by atoms with Crippen molar-refractivity contribution in [3.8, 4) is 17.1 Å². The topological polar surface area (TPSA) is 162 Å². The molecule has 0 radical (unpaired) electrons. The summed E-state index contributed by atoms with van der Waals surface area (Å²) >= 11 is 0. The Morgan fingerprint density at radius 3 is 2.48 bits per heavy atom. The fraction of sp³-hybridized carbons (Fsp3) is 0.533. The number of hydroxylamine groups is 2. The normalized spacial score (nSPS) is 12.4. The van der Waals surface area contributed by atoms with Crippen LogP contribution in [0.1, 0.15) is 75.4 Å². The van der Waals surface area contributed by atoms with Crippen LogP contribution < -0.4 is 15.4 Å². The van der Waals surface area contributed by atoms with Gasteiger partial charge in [0, 0.05) is 12.1 Å². The lowest BCUT2D eigenvalue weighted by Crippen LogP contribution is -2.47. The van der Waals surface area contributed by atoms with Crippen LogP contribution in [0.4, 0.5) is 0 Å². The summed E-state index contributed by atoms with van der Waals surface area (Å²) in [6.07, 6.45) is 4.98. The minimum atomic E-state index is -0.930. The Hall–Kier alpha value is -3.90. The maximum atomic E-state index is 13.0. The van der Waals surface area contributed by atoms with E-state index in [0.29, 0.717) is 54.5 Å². The first kappa shape index (κ1) is 34.3. The molecule has 0 saturated carbocycles. The van der Waals surface area contributed by atoms with Crippen LogP contribution in [-0.2, 0) is 20.9 Å². The van der Waals surface area contributed by atoms with Gasteiger partial charge < -0.3 is 24.9 Å². The molecule has 1 heterocycles. The Kier molecular flexibility index (Phi) is 14.5. The smallest absolute Gasteiger partial charge is 0.317 e. The second-order valence-corrected chi connectivity index (χ2v) is 10.2. The molecule has 0 fully saturated rings. The highest BCUT2D eigenvalue weighted by Crippen LogP contribution is 2.29. The largest absolute Gasteiger partial charge is 0.494 e. The Bertz CT molecular complexity index is 1170. The summed E-state index contributed by atoms with van der Waals surface area (Å²) in [4.78, 5) is 49.7. The van der Waals surface area contributed by atoms with Crippen LogP contribution in [0.2, 0.25) is 0 Å². The monoisotopic (exact) mass is 588 g/mol. The quantitative estimate of drug-likeness (QED) is 0.0591. The lowest BCUT2D eigenvalue weighted by atomic mass is 9.90. The highest BCUT2D eigenvalue weighted by molar-refractivity contribution is 5.92. The average molecular weight is 589 g/mol. The molecule has 4 N–H and O–H groups in total. The minimum absolute atomic E-state index is 0.0376. The molecule has 0 spiro atoms. The number of hydrogen-bond donors (Lipinski definition) is 4. The molecule has 2 aromatic rings. The second-order valence-electron chi connectivity index (χ2n) is 10.2. The molecular formula is C30H44N4O8. The van der Waals surface area contributed by atoms with Crippen molar-refractivity contribution in [1.82, 2.24) is 20.6 Å². The number of nitrogens with one attached hydrogen (secondary N) is 2. The first-order valence-corrected chi connectivity index (χ1v) is 14.4. The van der Waals surface area contributed by atoms with Gasteiger partial charge in [-0.25, -0.2) is 5.06 Å². The Balaban J connectivity index is 2.07. The van der Waals surface area contributed by atoms with Crippen molar-refractivity contribution in [2.45, 2.75) is 71.9 Å². The maximum absolute atomic E-state index is 13.0. The summed E-state index contributed by atoms with van der Waals surface area (Å²) in [5.41, 5.74) is 1.47. The molecule has 3 amide bonds. The van der Waals surface area contributed by atoms with E-state index in [4.69, 9.17) is 14.3 Å². The van der Waals surface area contributed by atoms with Gasteiger partial charge in [0.15, 0.2) is 5.76 Å². The summed E-state index contributed by atoms with van der Waals surface area (Å²) in [7, 11) is 1.70. The number of nitrogens with zero attached hydrogens (tertiary/aromatic N) is 2. The molecule has 42 heavy (non-hydrogen) atoms. The van der Waals surface area contributed by atoms with E-state index in [1.807, 2.05) is 19.1 Å². The molecule has 232 valence electrons. The molecule has 2 rings (SSSR count). The number of unbranched alkanes of at least 4 members (excludes halogenated alkanes) is 3. The van der Waals surface area contributed by atoms with Crippen molar-refractivity contribution < 1.29 is 38.6 Å². The molecule has 0 aliphatic rings. The van der Waals surface area contributed by atoms with Gasteiger partial charge in [-0.15, -0.1) is 0 Å². The van der Waals surface area contributed by atoms with Gasteiger partial charge in [-0.2, -0.15) is 0 Å². The van der Waals surface area contributed by atoms with Gasteiger partial charge in [0.25, 0.3) is 5.91 Å². The van der Waals surface area contributed by atoms with Crippen LogP contribution in [0.25, 0.3) is 11.3 Å². The van der Waals surface area contributed by atoms with Gasteiger partial charge in [-0.3, -0.25) is 29.3 Å². The molecule has 0 aliphatic carbocycles. The van der Waals surface area contributed by atoms with Crippen molar-refractivity contribution in [1.29, 1.82) is 0 Å². The van der Waals surface area contributed by atoms with E-state index < -0.39 is 23.8 Å². The zero-order valence-electron chi connectivity index (χ0n) is 24.9. The third-order valence-electron chi connectivity index (χ3n) is 6.80. The van der Waals surface area contributed by atoms with Gasteiger partial charge in [0.05, 0.1) is 31.8 Å². The molecule has 12 heteroatoms. The summed E-state index contributed by atoms with van der Waals surface area (Å²) in [6, 6.07) is 7.95. The number of carbonyl (C=O) groups is 4. The molecule has 1 aromatic heterocycles. The standard InChI is InChI=1S/C30H44N4O8/c1-5-8-9-10-11-24(25(6-2)34(40)20-35)29(38)31-19-32-30(39)27-13-12-26(42-27)22-14-21(15-23(16-22)41-7-3)17-33(4)18-28(36)37/h12-16,20,24-25,40H,5-11,17-19H2,1-4H3,(H,31,38)(H,32,39)(H,36,37)/t24-,25-/m1/s1. The zero-order valence-corrected chi connectivity index (χ0v) is 24.9. The second kappa shape index (κ2) is 17.8. The van der Waals surface area contributed by atoms with E-state index in [-0.39, 0.29) is 24.9 Å². The number of aliphatic carboxylic acids is 1. The number of ether oxygens (including phenoxy) is 1. The fourth-order valence-corrected chi connectivity index (χ4v) is 4.81. The fourth-order valence-electron chi connectivity index (χ4n) is 4.81. The number of carbonyl (C=O) groups excluding carboxylic acids is 3. The van der Waals surface area contributed by atoms with Crippen molar-refractivity contribution in [2.75, 3.05) is 26.9 Å². The SMILES string of the molecule is CCCCCC[C@@H](C(=O)NCNC(=O)c1ccc(-c2cc(CN(C)CC(=O)O)cc(OCC)c2)o1)[C@@H](CC)N(O)C=O. The molecule has 0 unspecified atom stereocenters. The Morgan fingerprint density at radius 1 is 1.07 bits per heavy atom. The van der Waals surface area contributed by atoms with E-state index in [0.717, 1.165) is 31.2 Å². The van der Waals surface area contributed by atoms with Crippen LogP contribution in [0.15, 0.2) is 34.7 Å². The Labute approximate surface area is 247 Å². The van der Waals surface area contributed by atoms with E-state index >= 15 is 0 Å². The number of rotatable bonds is 20.